The molecule has 5 nitrogen and oxygen atoms in total. The first-order valence-electron chi connectivity index (χ1n) is 6.06. The van der Waals surface area contributed by atoms with Gasteiger partial charge < -0.3 is 10.1 Å². The Hall–Kier alpha value is -1.20. The van der Waals surface area contributed by atoms with Gasteiger partial charge in [-0.05, 0) is 32.9 Å². The lowest BCUT2D eigenvalue weighted by Crippen LogP contribution is -2.29. The highest BCUT2D eigenvalue weighted by molar-refractivity contribution is 4.95. The molecule has 0 unspecified atom stereocenters. The second kappa shape index (κ2) is 7.97. The van der Waals surface area contributed by atoms with Gasteiger partial charge in [-0.15, -0.1) is 0 Å². The van der Waals surface area contributed by atoms with Crippen molar-refractivity contribution in [3.63, 3.8) is 0 Å². The third-order valence-electron chi connectivity index (χ3n) is 2.39. The Balaban J connectivity index is 2.16. The average molecular weight is 239 g/mol. The summed E-state index contributed by atoms with van der Waals surface area (Å²) in [6, 6.07) is 1.84. The van der Waals surface area contributed by atoms with Gasteiger partial charge in [0.05, 0.1) is 0 Å². The second-order valence-electron chi connectivity index (χ2n) is 3.85. The van der Waals surface area contributed by atoms with Crippen LogP contribution in [-0.4, -0.2) is 35.9 Å². The first-order valence-corrected chi connectivity index (χ1v) is 6.06. The number of aromatic nitrogens is 2. The molecule has 5 heteroatoms. The normalized spacial score (nSPS) is 10.7. The van der Waals surface area contributed by atoms with Gasteiger partial charge in [0.15, 0.2) is 0 Å². The molecule has 1 aromatic heterocycles. The van der Waals surface area contributed by atoms with Crippen molar-refractivity contribution in [2.75, 3.05) is 26.3 Å². The lowest BCUT2D eigenvalue weighted by Gasteiger charge is -2.07. The van der Waals surface area contributed by atoms with Crippen LogP contribution in [0, 0.1) is 6.92 Å². The summed E-state index contributed by atoms with van der Waals surface area (Å²) in [5, 5.41) is 3.27. The molecule has 1 aromatic rings. The monoisotopic (exact) mass is 239 g/mol. The Morgan fingerprint density at radius 3 is 3.00 bits per heavy atom. The van der Waals surface area contributed by atoms with Crippen molar-refractivity contribution >= 4 is 0 Å². The number of rotatable bonds is 8. The SMILES string of the molecule is CCOCCCNCCn1ccc(C)nc1=O. The molecule has 96 valence electrons. The molecule has 0 radical (unpaired) electrons. The van der Waals surface area contributed by atoms with E-state index in [0.29, 0.717) is 6.54 Å². The van der Waals surface area contributed by atoms with Crippen LogP contribution >= 0.6 is 0 Å². The molecule has 0 saturated heterocycles. The van der Waals surface area contributed by atoms with Gasteiger partial charge in [0.1, 0.15) is 0 Å². The summed E-state index contributed by atoms with van der Waals surface area (Å²) in [6.45, 7) is 7.70. The molecule has 1 rings (SSSR count). The standard InChI is InChI=1S/C12H21N3O2/c1-3-17-10-4-6-13-7-9-15-8-5-11(2)14-12(15)16/h5,8,13H,3-4,6-7,9-10H2,1-2H3. The van der Waals surface area contributed by atoms with Crippen molar-refractivity contribution < 1.29 is 4.74 Å². The number of nitrogens with one attached hydrogen (secondary N) is 1. The summed E-state index contributed by atoms with van der Waals surface area (Å²) in [4.78, 5) is 15.3. The van der Waals surface area contributed by atoms with E-state index in [4.69, 9.17) is 4.74 Å². The number of aryl methyl sites for hydroxylation is 1. The molecule has 1 N–H and O–H groups in total. The van der Waals surface area contributed by atoms with Crippen molar-refractivity contribution in [2.45, 2.75) is 26.8 Å². The molecular weight excluding hydrogens is 218 g/mol. The highest BCUT2D eigenvalue weighted by atomic mass is 16.5. The Bertz CT molecular complexity index is 376. The number of hydrogen-bond acceptors (Lipinski definition) is 4. The topological polar surface area (TPSA) is 56.1 Å². The van der Waals surface area contributed by atoms with E-state index < -0.39 is 0 Å². The fraction of sp³-hybridized carbons (Fsp3) is 0.667. The van der Waals surface area contributed by atoms with E-state index in [1.165, 1.54) is 0 Å². The van der Waals surface area contributed by atoms with Crippen LogP contribution in [0.5, 0.6) is 0 Å². The van der Waals surface area contributed by atoms with Crippen molar-refractivity contribution in [3.8, 4) is 0 Å². The van der Waals surface area contributed by atoms with Crippen LogP contribution in [0.2, 0.25) is 0 Å². The lowest BCUT2D eigenvalue weighted by molar-refractivity contribution is 0.145. The predicted octanol–water partition coefficient (Wildman–Crippen LogP) is 0.568. The molecular formula is C12H21N3O2. The summed E-state index contributed by atoms with van der Waals surface area (Å²) in [5.74, 6) is 0. The van der Waals surface area contributed by atoms with Crippen LogP contribution in [0.15, 0.2) is 17.1 Å². The molecule has 17 heavy (non-hydrogen) atoms. The van der Waals surface area contributed by atoms with Crippen LogP contribution in [0.3, 0.4) is 0 Å². The van der Waals surface area contributed by atoms with Crippen LogP contribution in [0.1, 0.15) is 19.0 Å². The maximum absolute atomic E-state index is 11.4. The van der Waals surface area contributed by atoms with E-state index in [0.717, 1.165) is 38.4 Å². The molecule has 0 aromatic carbocycles. The molecule has 0 saturated carbocycles. The van der Waals surface area contributed by atoms with E-state index in [9.17, 15) is 4.79 Å². The summed E-state index contributed by atoms with van der Waals surface area (Å²) in [5.41, 5.74) is 0.581. The summed E-state index contributed by atoms with van der Waals surface area (Å²) in [7, 11) is 0. The molecule has 0 amide bonds. The quantitative estimate of drug-likeness (QED) is 0.674. The summed E-state index contributed by atoms with van der Waals surface area (Å²) in [6.07, 6.45) is 2.78. The van der Waals surface area contributed by atoms with Gasteiger partial charge in [0.25, 0.3) is 0 Å². The van der Waals surface area contributed by atoms with Crippen molar-refractivity contribution in [2.24, 2.45) is 0 Å². The zero-order valence-electron chi connectivity index (χ0n) is 10.6. The minimum atomic E-state index is -0.180. The first kappa shape index (κ1) is 13.9. The van der Waals surface area contributed by atoms with Gasteiger partial charge in [-0.1, -0.05) is 0 Å². The van der Waals surface area contributed by atoms with E-state index in [1.807, 2.05) is 19.9 Å². The molecule has 0 atom stereocenters. The van der Waals surface area contributed by atoms with E-state index >= 15 is 0 Å². The maximum atomic E-state index is 11.4. The minimum absolute atomic E-state index is 0.180. The Kier molecular flexibility index (Phi) is 6.50. The number of ether oxygens (including phenoxy) is 1. The van der Waals surface area contributed by atoms with Crippen molar-refractivity contribution in [1.29, 1.82) is 0 Å². The molecule has 0 spiro atoms. The van der Waals surface area contributed by atoms with Crippen molar-refractivity contribution in [3.05, 3.63) is 28.4 Å². The number of nitrogens with zero attached hydrogens (tertiary/aromatic N) is 2. The molecule has 0 aliphatic carbocycles. The van der Waals surface area contributed by atoms with Crippen LogP contribution in [-0.2, 0) is 11.3 Å². The van der Waals surface area contributed by atoms with Gasteiger partial charge >= 0.3 is 5.69 Å². The number of hydrogen-bond donors (Lipinski definition) is 1. The third kappa shape index (κ3) is 5.60. The van der Waals surface area contributed by atoms with Gasteiger partial charge in [-0.25, -0.2) is 4.79 Å². The summed E-state index contributed by atoms with van der Waals surface area (Å²) < 4.78 is 6.84. The van der Waals surface area contributed by atoms with E-state index in [1.54, 1.807) is 10.8 Å². The average Bonchev–Trinajstić information content (AvgIpc) is 2.30. The zero-order chi connectivity index (χ0) is 12.5. The zero-order valence-corrected chi connectivity index (χ0v) is 10.6. The maximum Gasteiger partial charge on any atom is 0.347 e. The smallest absolute Gasteiger partial charge is 0.347 e. The van der Waals surface area contributed by atoms with Crippen LogP contribution in [0.4, 0.5) is 0 Å². The largest absolute Gasteiger partial charge is 0.382 e. The Labute approximate surface area is 102 Å². The molecule has 0 fully saturated rings. The van der Waals surface area contributed by atoms with E-state index in [2.05, 4.69) is 10.3 Å². The van der Waals surface area contributed by atoms with Crippen molar-refractivity contribution in [1.82, 2.24) is 14.9 Å². The molecule has 0 aliphatic heterocycles. The molecule has 0 aliphatic rings. The van der Waals surface area contributed by atoms with Gasteiger partial charge in [-0.2, -0.15) is 4.98 Å². The Morgan fingerprint density at radius 2 is 2.29 bits per heavy atom. The van der Waals surface area contributed by atoms with Gasteiger partial charge in [-0.3, -0.25) is 4.57 Å². The molecule has 0 bridgehead atoms. The lowest BCUT2D eigenvalue weighted by atomic mass is 10.4. The fourth-order valence-corrected chi connectivity index (χ4v) is 1.45. The highest BCUT2D eigenvalue weighted by Crippen LogP contribution is 1.86. The fourth-order valence-electron chi connectivity index (χ4n) is 1.45. The second-order valence-corrected chi connectivity index (χ2v) is 3.85. The highest BCUT2D eigenvalue weighted by Gasteiger charge is 1.96. The minimum Gasteiger partial charge on any atom is -0.382 e. The van der Waals surface area contributed by atoms with Crippen LogP contribution in [0.25, 0.3) is 0 Å². The van der Waals surface area contributed by atoms with E-state index in [-0.39, 0.29) is 5.69 Å². The first-order chi connectivity index (χ1) is 8.24. The van der Waals surface area contributed by atoms with Gasteiger partial charge in [0.2, 0.25) is 0 Å². The Morgan fingerprint density at radius 1 is 1.47 bits per heavy atom. The predicted molar refractivity (Wildman–Crippen MR) is 67.2 cm³/mol. The molecule has 1 heterocycles. The van der Waals surface area contributed by atoms with Crippen LogP contribution < -0.4 is 11.0 Å². The van der Waals surface area contributed by atoms with Gasteiger partial charge in [0, 0.05) is 38.2 Å². The summed E-state index contributed by atoms with van der Waals surface area (Å²) >= 11 is 0. The third-order valence-corrected chi connectivity index (χ3v) is 2.39.